The maximum atomic E-state index is 12.4. The molecule has 2 saturated heterocycles. The standard InChI is InChI=1S/C29H36N4O2.C17H18N2O2/c1-3-30-19-23-12-14-24(15-13-23)20-32(4-2)27-16-18-33(21-27)28-26(11-8-17-31-28)22-35-29(34)25-9-6-5-7-10-25;20-17(14-7-2-1-3-8-14)21-13-15-9-6-10-18-16(15)19-11-4-5-12-19/h5-15,17,27,30H,3-4,16,18-22H2,1-2H3;1-3,6-10H,4-5,11-13H2. The lowest BCUT2D eigenvalue weighted by Gasteiger charge is -2.28. The molecule has 0 saturated carbocycles. The van der Waals surface area contributed by atoms with Crippen molar-refractivity contribution in [3.05, 3.63) is 155 Å². The zero-order valence-electron chi connectivity index (χ0n) is 32.7. The Balaban J connectivity index is 0.000000215. The van der Waals surface area contributed by atoms with E-state index in [0.29, 0.717) is 17.2 Å². The summed E-state index contributed by atoms with van der Waals surface area (Å²) in [6.45, 7) is 12.6. The number of aromatic nitrogens is 2. The van der Waals surface area contributed by atoms with Gasteiger partial charge in [-0.1, -0.05) is 86.6 Å². The Morgan fingerprint density at radius 2 is 1.21 bits per heavy atom. The smallest absolute Gasteiger partial charge is 0.338 e. The highest BCUT2D eigenvalue weighted by Gasteiger charge is 2.29. The van der Waals surface area contributed by atoms with E-state index in [-0.39, 0.29) is 25.2 Å². The van der Waals surface area contributed by atoms with Crippen LogP contribution in [0.5, 0.6) is 0 Å². The lowest BCUT2D eigenvalue weighted by atomic mass is 10.1. The number of nitrogens with one attached hydrogen (secondary N) is 1. The van der Waals surface area contributed by atoms with Gasteiger partial charge >= 0.3 is 11.9 Å². The van der Waals surface area contributed by atoms with Gasteiger partial charge in [-0.25, -0.2) is 19.6 Å². The van der Waals surface area contributed by atoms with Gasteiger partial charge in [-0.2, -0.15) is 0 Å². The van der Waals surface area contributed by atoms with Crippen LogP contribution in [0, 0.1) is 0 Å². The van der Waals surface area contributed by atoms with Gasteiger partial charge in [0.05, 0.1) is 11.1 Å². The van der Waals surface area contributed by atoms with Crippen LogP contribution in [0.25, 0.3) is 0 Å². The van der Waals surface area contributed by atoms with Crippen molar-refractivity contribution in [2.45, 2.75) is 65.5 Å². The average Bonchev–Trinajstić information content (AvgIpc) is 3.99. The molecule has 5 aromatic rings. The molecule has 292 valence electrons. The molecule has 2 aliphatic heterocycles. The van der Waals surface area contributed by atoms with E-state index in [1.165, 1.54) is 24.0 Å². The second kappa shape index (κ2) is 20.9. The van der Waals surface area contributed by atoms with E-state index in [0.717, 1.165) is 81.5 Å². The minimum absolute atomic E-state index is 0.217. The van der Waals surface area contributed by atoms with Crippen molar-refractivity contribution < 1.29 is 19.1 Å². The molecule has 1 N–H and O–H groups in total. The Bertz CT molecular complexity index is 1950. The first-order chi connectivity index (χ1) is 27.5. The van der Waals surface area contributed by atoms with Gasteiger partial charge in [0.25, 0.3) is 0 Å². The van der Waals surface area contributed by atoms with Crippen LogP contribution in [-0.4, -0.2) is 72.1 Å². The van der Waals surface area contributed by atoms with Crippen LogP contribution in [0.2, 0.25) is 0 Å². The molecule has 0 spiro atoms. The van der Waals surface area contributed by atoms with E-state index in [1.807, 2.05) is 66.9 Å². The fourth-order valence-corrected chi connectivity index (χ4v) is 7.18. The van der Waals surface area contributed by atoms with Crippen LogP contribution in [-0.2, 0) is 35.8 Å². The Hall–Kier alpha value is -5.58. The molecule has 10 heteroatoms. The number of carbonyl (C=O) groups excluding carboxylic acids is 2. The van der Waals surface area contributed by atoms with Gasteiger partial charge in [0.15, 0.2) is 0 Å². The molecule has 1 atom stereocenters. The third-order valence-corrected chi connectivity index (χ3v) is 10.3. The van der Waals surface area contributed by atoms with Crippen LogP contribution in [0.4, 0.5) is 11.6 Å². The molecule has 10 nitrogen and oxygen atoms in total. The lowest BCUT2D eigenvalue weighted by Crippen LogP contribution is -2.37. The van der Waals surface area contributed by atoms with Crippen molar-refractivity contribution in [1.82, 2.24) is 20.2 Å². The molecule has 2 aliphatic rings. The predicted octanol–water partition coefficient (Wildman–Crippen LogP) is 7.69. The lowest BCUT2D eigenvalue weighted by molar-refractivity contribution is 0.0464. The normalized spacial score (nSPS) is 15.0. The van der Waals surface area contributed by atoms with Crippen molar-refractivity contribution in [1.29, 1.82) is 0 Å². The van der Waals surface area contributed by atoms with Gasteiger partial charge in [0.1, 0.15) is 24.8 Å². The van der Waals surface area contributed by atoms with Crippen LogP contribution >= 0.6 is 0 Å². The minimum Gasteiger partial charge on any atom is -0.457 e. The number of ether oxygens (including phenoxy) is 2. The van der Waals surface area contributed by atoms with Crippen LogP contribution in [0.3, 0.4) is 0 Å². The highest BCUT2D eigenvalue weighted by atomic mass is 16.5. The van der Waals surface area contributed by atoms with E-state index >= 15 is 0 Å². The number of esters is 2. The quantitative estimate of drug-likeness (QED) is 0.107. The molecule has 7 rings (SSSR count). The van der Waals surface area contributed by atoms with E-state index < -0.39 is 0 Å². The highest BCUT2D eigenvalue weighted by Crippen LogP contribution is 2.27. The van der Waals surface area contributed by atoms with Gasteiger partial charge in [-0.15, -0.1) is 0 Å². The molecule has 0 radical (unpaired) electrons. The summed E-state index contributed by atoms with van der Waals surface area (Å²) in [5.41, 5.74) is 5.70. The summed E-state index contributed by atoms with van der Waals surface area (Å²) in [5, 5.41) is 3.38. The summed E-state index contributed by atoms with van der Waals surface area (Å²) in [5.74, 6) is 1.25. The number of benzene rings is 3. The van der Waals surface area contributed by atoms with Gasteiger partial charge in [0.2, 0.25) is 0 Å². The Morgan fingerprint density at radius 1 is 0.679 bits per heavy atom. The summed E-state index contributed by atoms with van der Waals surface area (Å²) in [6.07, 6.45) is 7.08. The Kier molecular flexibility index (Phi) is 15.0. The Labute approximate surface area is 331 Å². The van der Waals surface area contributed by atoms with Crippen LogP contribution in [0.1, 0.15) is 76.1 Å². The fraction of sp³-hybridized carbons (Fsp3) is 0.348. The number of carbonyl (C=O) groups is 2. The summed E-state index contributed by atoms with van der Waals surface area (Å²) in [6, 6.07) is 35.3. The molecule has 1 unspecified atom stereocenters. The summed E-state index contributed by atoms with van der Waals surface area (Å²) in [7, 11) is 0. The van der Waals surface area contributed by atoms with Gasteiger partial charge in [-0.05, 0) is 79.9 Å². The van der Waals surface area contributed by atoms with Gasteiger partial charge in [-0.3, -0.25) is 4.90 Å². The number of rotatable bonds is 15. The van der Waals surface area contributed by atoms with Crippen molar-refractivity contribution >= 4 is 23.6 Å². The van der Waals surface area contributed by atoms with Gasteiger partial charge < -0.3 is 24.6 Å². The maximum Gasteiger partial charge on any atom is 0.338 e. The SMILES string of the molecule is CCNCc1ccc(CN(CC)C2CCN(c3ncccc3COC(=O)c3ccccc3)C2)cc1.O=C(OCc1cccnc1N1CCCC1)c1ccccc1. The zero-order valence-corrected chi connectivity index (χ0v) is 32.7. The van der Waals surface area contributed by atoms with E-state index in [2.05, 4.69) is 68.1 Å². The van der Waals surface area contributed by atoms with Gasteiger partial charge in [0, 0.05) is 68.8 Å². The largest absolute Gasteiger partial charge is 0.457 e. The van der Waals surface area contributed by atoms with E-state index in [4.69, 9.17) is 9.47 Å². The summed E-state index contributed by atoms with van der Waals surface area (Å²) >= 11 is 0. The number of pyridine rings is 2. The maximum absolute atomic E-state index is 12.4. The Morgan fingerprint density at radius 3 is 1.75 bits per heavy atom. The third kappa shape index (κ3) is 11.2. The zero-order chi connectivity index (χ0) is 39.0. The molecule has 56 heavy (non-hydrogen) atoms. The van der Waals surface area contributed by atoms with Crippen molar-refractivity contribution in [3.8, 4) is 0 Å². The number of nitrogens with zero attached hydrogens (tertiary/aromatic N) is 5. The molecule has 3 aromatic carbocycles. The molecular weight excluding hydrogens is 701 g/mol. The second-order valence-corrected chi connectivity index (χ2v) is 14.1. The highest BCUT2D eigenvalue weighted by molar-refractivity contribution is 5.89. The van der Waals surface area contributed by atoms with Crippen molar-refractivity contribution in [2.24, 2.45) is 0 Å². The topological polar surface area (TPSA) is 100 Å². The molecule has 0 aliphatic carbocycles. The number of anilines is 2. The first-order valence-corrected chi connectivity index (χ1v) is 19.9. The number of hydrogen-bond acceptors (Lipinski definition) is 10. The van der Waals surface area contributed by atoms with E-state index in [9.17, 15) is 9.59 Å². The monoisotopic (exact) mass is 754 g/mol. The molecular formula is C46H54N6O4. The molecule has 2 fully saturated rings. The summed E-state index contributed by atoms with van der Waals surface area (Å²) in [4.78, 5) is 40.7. The van der Waals surface area contributed by atoms with Crippen LogP contribution in [0.15, 0.2) is 122 Å². The van der Waals surface area contributed by atoms with E-state index in [1.54, 1.807) is 30.5 Å². The molecule has 0 bridgehead atoms. The fourth-order valence-electron chi connectivity index (χ4n) is 7.18. The number of hydrogen-bond donors (Lipinski definition) is 1. The average molecular weight is 755 g/mol. The molecule has 2 aromatic heterocycles. The minimum atomic E-state index is -0.312. The predicted molar refractivity (Wildman–Crippen MR) is 222 cm³/mol. The van der Waals surface area contributed by atoms with Crippen molar-refractivity contribution in [3.63, 3.8) is 0 Å². The second-order valence-electron chi connectivity index (χ2n) is 14.1. The first kappa shape index (κ1) is 40.1. The summed E-state index contributed by atoms with van der Waals surface area (Å²) < 4.78 is 11.0. The van der Waals surface area contributed by atoms with Crippen molar-refractivity contribution in [2.75, 3.05) is 49.1 Å². The van der Waals surface area contributed by atoms with Crippen LogP contribution < -0.4 is 15.1 Å². The third-order valence-electron chi connectivity index (χ3n) is 10.3. The molecule has 4 heterocycles. The number of likely N-dealkylation sites (N-methyl/N-ethyl adjacent to an activating group) is 1. The molecule has 0 amide bonds. The first-order valence-electron chi connectivity index (χ1n) is 19.9.